The predicted molar refractivity (Wildman–Crippen MR) is 137 cm³/mol. The zero-order valence-corrected chi connectivity index (χ0v) is 19.8. The van der Waals surface area contributed by atoms with Gasteiger partial charge in [0.1, 0.15) is 11.5 Å². The number of nitrogens with zero attached hydrogens (tertiary/aromatic N) is 2. The number of fused-ring (bicyclic) bond motifs is 1. The SMILES string of the molecule is CN(CCc1ccccn1)C(=O)c1cccc(-c2ccc(/C=C3/C(=O)Nc4ccc(Cl)cc43)o2)c1. The highest BCUT2D eigenvalue weighted by molar-refractivity contribution is 6.36. The molecule has 0 unspecified atom stereocenters. The fourth-order valence-electron chi connectivity index (χ4n) is 3.99. The highest BCUT2D eigenvalue weighted by atomic mass is 35.5. The smallest absolute Gasteiger partial charge is 0.256 e. The molecule has 2 aromatic carbocycles. The molecular formula is C28H22ClN3O3. The third-order valence-corrected chi connectivity index (χ3v) is 6.08. The van der Waals surface area contributed by atoms with Crippen LogP contribution < -0.4 is 5.32 Å². The average molecular weight is 484 g/mol. The van der Waals surface area contributed by atoms with Crippen LogP contribution in [0, 0.1) is 0 Å². The largest absolute Gasteiger partial charge is 0.457 e. The quantitative estimate of drug-likeness (QED) is 0.351. The van der Waals surface area contributed by atoms with Crippen LogP contribution in [0.3, 0.4) is 0 Å². The summed E-state index contributed by atoms with van der Waals surface area (Å²) in [5.41, 5.74) is 4.23. The Bertz CT molecular complexity index is 1440. The van der Waals surface area contributed by atoms with Crippen LogP contribution in [0.2, 0.25) is 5.02 Å². The molecular weight excluding hydrogens is 462 g/mol. The van der Waals surface area contributed by atoms with Crippen LogP contribution in [-0.2, 0) is 11.2 Å². The second kappa shape index (κ2) is 9.60. The molecule has 4 aromatic rings. The summed E-state index contributed by atoms with van der Waals surface area (Å²) in [4.78, 5) is 31.4. The predicted octanol–water partition coefficient (Wildman–Crippen LogP) is 5.80. The molecule has 6 nitrogen and oxygen atoms in total. The maximum atomic E-state index is 13.0. The van der Waals surface area contributed by atoms with E-state index in [1.165, 1.54) is 0 Å². The summed E-state index contributed by atoms with van der Waals surface area (Å²) in [6.45, 7) is 0.562. The third-order valence-electron chi connectivity index (χ3n) is 5.85. The molecule has 0 fully saturated rings. The molecule has 0 saturated heterocycles. The standard InChI is InChI=1S/C28H22ClN3O3/c1-32(14-12-21-7-2-3-13-30-21)28(34)19-6-4-5-18(15-19)26-11-9-22(35-26)17-24-23-16-20(29)8-10-25(23)31-27(24)33/h2-11,13,15-17H,12,14H2,1H3,(H,31,33)/b24-17+. The van der Waals surface area contributed by atoms with Crippen molar-refractivity contribution in [1.29, 1.82) is 0 Å². The van der Waals surface area contributed by atoms with Crippen molar-refractivity contribution in [1.82, 2.24) is 9.88 Å². The van der Waals surface area contributed by atoms with Gasteiger partial charge in [0.15, 0.2) is 0 Å². The molecule has 0 atom stereocenters. The van der Waals surface area contributed by atoms with Crippen molar-refractivity contribution in [3.8, 4) is 11.3 Å². The van der Waals surface area contributed by atoms with Crippen LogP contribution in [0.5, 0.6) is 0 Å². The average Bonchev–Trinajstić information content (AvgIpc) is 3.47. The second-order valence-corrected chi connectivity index (χ2v) is 8.72. The Labute approximate surface area is 207 Å². The lowest BCUT2D eigenvalue weighted by molar-refractivity contribution is -0.110. The van der Waals surface area contributed by atoms with E-state index in [2.05, 4.69) is 10.3 Å². The first-order valence-electron chi connectivity index (χ1n) is 11.2. The van der Waals surface area contributed by atoms with Gasteiger partial charge in [-0.25, -0.2) is 0 Å². The lowest BCUT2D eigenvalue weighted by Gasteiger charge is -2.17. The highest BCUT2D eigenvalue weighted by Gasteiger charge is 2.24. The van der Waals surface area contributed by atoms with Gasteiger partial charge in [-0.15, -0.1) is 0 Å². The maximum Gasteiger partial charge on any atom is 0.256 e. The number of nitrogens with one attached hydrogen (secondary N) is 1. The van der Waals surface area contributed by atoms with E-state index in [-0.39, 0.29) is 11.8 Å². The van der Waals surface area contributed by atoms with Crippen LogP contribution in [0.15, 0.2) is 83.4 Å². The monoisotopic (exact) mass is 483 g/mol. The zero-order chi connectivity index (χ0) is 24.4. The van der Waals surface area contributed by atoms with Crippen LogP contribution >= 0.6 is 11.6 Å². The number of carbonyl (C=O) groups excluding carboxylic acids is 2. The van der Waals surface area contributed by atoms with Gasteiger partial charge >= 0.3 is 0 Å². The molecule has 0 bridgehead atoms. The molecule has 2 amide bonds. The van der Waals surface area contributed by atoms with E-state index in [4.69, 9.17) is 16.0 Å². The van der Waals surface area contributed by atoms with Gasteiger partial charge in [0, 0.05) is 59.3 Å². The van der Waals surface area contributed by atoms with Gasteiger partial charge in [0.25, 0.3) is 11.8 Å². The van der Waals surface area contributed by atoms with Crippen molar-refractivity contribution in [3.63, 3.8) is 0 Å². The van der Waals surface area contributed by atoms with E-state index in [9.17, 15) is 9.59 Å². The van der Waals surface area contributed by atoms with Crippen LogP contribution in [0.4, 0.5) is 5.69 Å². The van der Waals surface area contributed by atoms with E-state index >= 15 is 0 Å². The van der Waals surface area contributed by atoms with Crippen molar-refractivity contribution in [2.24, 2.45) is 0 Å². The molecule has 35 heavy (non-hydrogen) atoms. The lowest BCUT2D eigenvalue weighted by Crippen LogP contribution is -2.29. The molecule has 3 heterocycles. The third kappa shape index (κ3) is 4.88. The number of amides is 2. The van der Waals surface area contributed by atoms with Crippen molar-refractivity contribution < 1.29 is 14.0 Å². The number of aromatic nitrogens is 1. The number of hydrogen-bond donors (Lipinski definition) is 1. The Morgan fingerprint density at radius 3 is 2.80 bits per heavy atom. The molecule has 2 aromatic heterocycles. The van der Waals surface area contributed by atoms with Crippen LogP contribution in [0.25, 0.3) is 23.0 Å². The van der Waals surface area contributed by atoms with Crippen LogP contribution in [-0.4, -0.2) is 35.3 Å². The topological polar surface area (TPSA) is 75.4 Å². The first-order chi connectivity index (χ1) is 17.0. The molecule has 0 saturated carbocycles. The van der Waals surface area contributed by atoms with E-state index in [1.807, 2.05) is 42.5 Å². The number of hydrogen-bond acceptors (Lipinski definition) is 4. The van der Waals surface area contributed by atoms with Crippen LogP contribution in [0.1, 0.15) is 27.4 Å². The molecule has 1 aliphatic heterocycles. The number of rotatable bonds is 6. The first kappa shape index (κ1) is 22.6. The second-order valence-electron chi connectivity index (χ2n) is 8.28. The molecule has 0 radical (unpaired) electrons. The summed E-state index contributed by atoms with van der Waals surface area (Å²) in [6.07, 6.45) is 4.13. The number of anilines is 1. The fourth-order valence-corrected chi connectivity index (χ4v) is 4.16. The van der Waals surface area contributed by atoms with E-state index < -0.39 is 0 Å². The number of pyridine rings is 1. The zero-order valence-electron chi connectivity index (χ0n) is 19.0. The minimum Gasteiger partial charge on any atom is -0.457 e. The van der Waals surface area contributed by atoms with Crippen molar-refractivity contribution in [2.75, 3.05) is 18.9 Å². The molecule has 0 spiro atoms. The number of furan rings is 1. The number of likely N-dealkylation sites (N-methyl/N-ethyl adjacent to an activating group) is 1. The molecule has 0 aliphatic carbocycles. The normalized spacial score (nSPS) is 13.5. The van der Waals surface area contributed by atoms with E-state index in [0.717, 1.165) is 22.5 Å². The van der Waals surface area contributed by atoms with Crippen molar-refractivity contribution >= 4 is 40.8 Å². The van der Waals surface area contributed by atoms with Gasteiger partial charge in [0.2, 0.25) is 0 Å². The molecule has 7 heteroatoms. The maximum absolute atomic E-state index is 13.0. The summed E-state index contributed by atoms with van der Waals surface area (Å²) < 4.78 is 6.00. The van der Waals surface area contributed by atoms with Gasteiger partial charge in [-0.05, 0) is 60.7 Å². The molecule has 5 rings (SSSR count). The van der Waals surface area contributed by atoms with Gasteiger partial charge in [-0.3, -0.25) is 14.6 Å². The Hall–Kier alpha value is -4.16. The summed E-state index contributed by atoms with van der Waals surface area (Å²) in [6, 6.07) is 22.0. The van der Waals surface area contributed by atoms with Gasteiger partial charge in [-0.2, -0.15) is 0 Å². The van der Waals surface area contributed by atoms with Gasteiger partial charge in [-0.1, -0.05) is 29.8 Å². The Morgan fingerprint density at radius 2 is 1.97 bits per heavy atom. The minimum atomic E-state index is -0.207. The van der Waals surface area contributed by atoms with Crippen molar-refractivity contribution in [2.45, 2.75) is 6.42 Å². The van der Waals surface area contributed by atoms with Gasteiger partial charge < -0.3 is 14.6 Å². The Kier molecular flexibility index (Phi) is 6.21. The summed E-state index contributed by atoms with van der Waals surface area (Å²) in [5, 5.41) is 3.38. The summed E-state index contributed by atoms with van der Waals surface area (Å²) in [7, 11) is 1.78. The van der Waals surface area contributed by atoms with Crippen molar-refractivity contribution in [3.05, 3.63) is 107 Å². The summed E-state index contributed by atoms with van der Waals surface area (Å²) >= 11 is 6.11. The summed E-state index contributed by atoms with van der Waals surface area (Å²) in [5.74, 6) is 0.851. The molecule has 1 aliphatic rings. The fraction of sp³-hybridized carbons (Fsp3) is 0.107. The Balaban J connectivity index is 1.33. The van der Waals surface area contributed by atoms with E-state index in [0.29, 0.717) is 40.6 Å². The number of carbonyl (C=O) groups is 2. The number of benzene rings is 2. The highest BCUT2D eigenvalue weighted by Crippen LogP contribution is 2.35. The number of halogens is 1. The first-order valence-corrected chi connectivity index (χ1v) is 11.5. The lowest BCUT2D eigenvalue weighted by atomic mass is 10.1. The minimum absolute atomic E-state index is 0.0761. The van der Waals surface area contributed by atoms with Gasteiger partial charge in [0.05, 0.1) is 5.57 Å². The molecule has 174 valence electrons. The van der Waals surface area contributed by atoms with E-state index in [1.54, 1.807) is 54.6 Å². The Morgan fingerprint density at radius 1 is 1.09 bits per heavy atom. The molecule has 1 N–H and O–H groups in total.